The molecule has 1 spiro atoms. The summed E-state index contributed by atoms with van der Waals surface area (Å²) < 4.78 is 14.6. The van der Waals surface area contributed by atoms with Crippen LogP contribution < -0.4 is 0 Å². The lowest BCUT2D eigenvalue weighted by molar-refractivity contribution is -0.142. The van der Waals surface area contributed by atoms with Crippen LogP contribution >= 0.6 is 0 Å². The van der Waals surface area contributed by atoms with E-state index in [-0.39, 0.29) is 24.0 Å². The number of nitrogens with zero attached hydrogens (tertiary/aromatic N) is 2. The maximum atomic E-state index is 14.6. The van der Waals surface area contributed by atoms with Crippen molar-refractivity contribution in [3.05, 3.63) is 59.4 Å². The Bertz CT molecular complexity index is 853. The van der Waals surface area contributed by atoms with Crippen LogP contribution in [0.3, 0.4) is 0 Å². The smallest absolute Gasteiger partial charge is 0.280 e. The number of hydrazine groups is 1. The van der Waals surface area contributed by atoms with Gasteiger partial charge in [0.1, 0.15) is 11.4 Å². The number of hydrogen-bond acceptors (Lipinski definition) is 4. The van der Waals surface area contributed by atoms with Gasteiger partial charge in [-0.25, -0.2) is 9.40 Å². The topological polar surface area (TPSA) is 74.8 Å². The minimum atomic E-state index is -1.60. The Balaban J connectivity index is 1.84. The summed E-state index contributed by atoms with van der Waals surface area (Å²) in [7, 11) is 0. The Hall–Kier alpha value is -3.09. The second-order valence-electron chi connectivity index (χ2n) is 5.83. The van der Waals surface area contributed by atoms with Gasteiger partial charge in [0.2, 0.25) is 5.91 Å². The second kappa shape index (κ2) is 4.70. The first-order valence-corrected chi connectivity index (χ1v) is 7.37. The zero-order valence-electron chi connectivity index (χ0n) is 12.4. The van der Waals surface area contributed by atoms with E-state index >= 15 is 0 Å². The summed E-state index contributed by atoms with van der Waals surface area (Å²) >= 11 is 0. The highest BCUT2D eigenvalue weighted by molar-refractivity contribution is 6.22. The monoisotopic (exact) mass is 326 g/mol. The Labute approximate surface area is 135 Å². The number of imide groups is 1. The first kappa shape index (κ1) is 14.5. The Morgan fingerprint density at radius 2 is 1.62 bits per heavy atom. The molecule has 3 amide bonds. The van der Waals surface area contributed by atoms with Gasteiger partial charge in [-0.1, -0.05) is 12.1 Å². The van der Waals surface area contributed by atoms with Gasteiger partial charge < -0.3 is 0 Å². The summed E-state index contributed by atoms with van der Waals surface area (Å²) in [4.78, 5) is 49.0. The van der Waals surface area contributed by atoms with E-state index in [9.17, 15) is 23.6 Å². The van der Waals surface area contributed by atoms with Crippen molar-refractivity contribution < 1.29 is 23.6 Å². The van der Waals surface area contributed by atoms with Crippen molar-refractivity contribution in [1.82, 2.24) is 10.0 Å². The summed E-state index contributed by atoms with van der Waals surface area (Å²) in [6.45, 7) is 0. The summed E-state index contributed by atoms with van der Waals surface area (Å²) in [6, 6.07) is 6.17. The molecule has 0 saturated carbocycles. The van der Waals surface area contributed by atoms with E-state index in [1.165, 1.54) is 18.2 Å². The number of allylic oxidation sites excluding steroid dienone is 2. The molecule has 3 aliphatic rings. The van der Waals surface area contributed by atoms with Gasteiger partial charge in [-0.3, -0.25) is 19.2 Å². The standard InChI is InChI=1S/C17H11FN2O4/c18-13-9-10(21)5-7-17(13)8-6-14(22)20(17)19-15(23)11-3-1-2-4-12(11)16(19)24/h1-5,7,9H,6,8H2. The van der Waals surface area contributed by atoms with Gasteiger partial charge in [-0.2, -0.15) is 5.01 Å². The Morgan fingerprint density at radius 3 is 2.21 bits per heavy atom. The van der Waals surface area contributed by atoms with Gasteiger partial charge in [0.05, 0.1) is 11.1 Å². The van der Waals surface area contributed by atoms with Gasteiger partial charge in [-0.15, -0.1) is 0 Å². The number of carbonyl (C=O) groups is 4. The summed E-state index contributed by atoms with van der Waals surface area (Å²) in [5, 5.41) is 1.54. The predicted molar refractivity (Wildman–Crippen MR) is 79.1 cm³/mol. The van der Waals surface area contributed by atoms with Crippen LogP contribution in [0.15, 0.2) is 48.3 Å². The normalized spacial score (nSPS) is 25.8. The number of amides is 3. The van der Waals surface area contributed by atoms with Crippen LogP contribution in [0, 0.1) is 0 Å². The number of ketones is 1. The Morgan fingerprint density at radius 1 is 1.00 bits per heavy atom. The van der Waals surface area contributed by atoms with Gasteiger partial charge in [0, 0.05) is 12.5 Å². The molecule has 1 fully saturated rings. The van der Waals surface area contributed by atoms with Crippen LogP contribution in [0.25, 0.3) is 0 Å². The van der Waals surface area contributed by atoms with E-state index < -0.39 is 34.9 Å². The van der Waals surface area contributed by atoms with Crippen molar-refractivity contribution in [2.45, 2.75) is 18.4 Å². The minimum absolute atomic E-state index is 0.0345. The van der Waals surface area contributed by atoms with E-state index in [0.717, 1.165) is 17.2 Å². The molecule has 0 N–H and O–H groups in total. The van der Waals surface area contributed by atoms with Crippen LogP contribution in [0.4, 0.5) is 4.39 Å². The molecule has 4 rings (SSSR count). The molecule has 2 aliphatic heterocycles. The molecule has 1 unspecified atom stereocenters. The first-order chi connectivity index (χ1) is 11.5. The molecule has 1 aromatic rings. The van der Waals surface area contributed by atoms with Gasteiger partial charge in [0.25, 0.3) is 11.8 Å². The highest BCUT2D eigenvalue weighted by Gasteiger charge is 2.56. The third-order valence-corrected chi connectivity index (χ3v) is 4.51. The largest absolute Gasteiger partial charge is 0.290 e. The van der Waals surface area contributed by atoms with Crippen LogP contribution in [-0.2, 0) is 9.59 Å². The highest BCUT2D eigenvalue weighted by Crippen LogP contribution is 2.43. The molecular weight excluding hydrogens is 315 g/mol. The zero-order valence-corrected chi connectivity index (χ0v) is 12.4. The van der Waals surface area contributed by atoms with E-state index in [2.05, 4.69) is 0 Å². The number of halogens is 1. The molecule has 24 heavy (non-hydrogen) atoms. The van der Waals surface area contributed by atoms with Crippen molar-refractivity contribution in [1.29, 1.82) is 0 Å². The number of fused-ring (bicyclic) bond motifs is 1. The van der Waals surface area contributed by atoms with Crippen molar-refractivity contribution in [3.63, 3.8) is 0 Å². The zero-order chi connectivity index (χ0) is 17.1. The third-order valence-electron chi connectivity index (χ3n) is 4.51. The maximum Gasteiger partial charge on any atom is 0.280 e. The average Bonchev–Trinajstić information content (AvgIpc) is 3.01. The molecule has 1 aromatic carbocycles. The number of benzene rings is 1. The summed E-state index contributed by atoms with van der Waals surface area (Å²) in [5.74, 6) is -3.30. The number of rotatable bonds is 1. The highest BCUT2D eigenvalue weighted by atomic mass is 19.1. The first-order valence-electron chi connectivity index (χ1n) is 7.37. The fourth-order valence-electron chi connectivity index (χ4n) is 3.35. The van der Waals surface area contributed by atoms with Crippen molar-refractivity contribution in [2.75, 3.05) is 0 Å². The SMILES string of the molecule is O=C1C=CC2(CCC(=O)N2N2C(=O)c3ccccc3C2=O)C(F)=C1. The van der Waals surface area contributed by atoms with Crippen molar-refractivity contribution in [3.8, 4) is 0 Å². The lowest BCUT2D eigenvalue weighted by atomic mass is 9.90. The van der Waals surface area contributed by atoms with Crippen LogP contribution in [0.5, 0.6) is 0 Å². The molecule has 0 radical (unpaired) electrons. The summed E-state index contributed by atoms with van der Waals surface area (Å²) in [5.41, 5.74) is -1.27. The quantitative estimate of drug-likeness (QED) is 0.734. The predicted octanol–water partition coefficient (Wildman–Crippen LogP) is 1.55. The average molecular weight is 326 g/mol. The molecule has 7 heteroatoms. The fraction of sp³-hybridized carbons (Fsp3) is 0.176. The van der Waals surface area contributed by atoms with Crippen LogP contribution in [-0.4, -0.2) is 39.1 Å². The van der Waals surface area contributed by atoms with E-state index in [4.69, 9.17) is 0 Å². The summed E-state index contributed by atoms with van der Waals surface area (Å²) in [6.07, 6.45) is 3.19. The fourth-order valence-corrected chi connectivity index (χ4v) is 3.35. The van der Waals surface area contributed by atoms with E-state index in [1.807, 2.05) is 0 Å². The molecule has 1 atom stereocenters. The minimum Gasteiger partial charge on any atom is -0.290 e. The molecule has 6 nitrogen and oxygen atoms in total. The van der Waals surface area contributed by atoms with E-state index in [1.54, 1.807) is 12.1 Å². The molecule has 0 aromatic heterocycles. The third kappa shape index (κ3) is 1.69. The van der Waals surface area contributed by atoms with Crippen LogP contribution in [0.2, 0.25) is 0 Å². The number of carbonyl (C=O) groups excluding carboxylic acids is 4. The molecule has 1 aliphatic carbocycles. The van der Waals surface area contributed by atoms with Crippen LogP contribution in [0.1, 0.15) is 33.6 Å². The molecule has 0 bridgehead atoms. The van der Waals surface area contributed by atoms with Crippen molar-refractivity contribution in [2.24, 2.45) is 0 Å². The lowest BCUT2D eigenvalue weighted by Gasteiger charge is -2.39. The molecular formula is C17H11FN2O4. The lowest BCUT2D eigenvalue weighted by Crippen LogP contribution is -2.57. The van der Waals surface area contributed by atoms with Gasteiger partial charge in [-0.05, 0) is 30.7 Å². The number of hydrogen-bond donors (Lipinski definition) is 0. The Kier molecular flexibility index (Phi) is 2.84. The van der Waals surface area contributed by atoms with Gasteiger partial charge in [0.15, 0.2) is 5.78 Å². The second-order valence-corrected chi connectivity index (χ2v) is 5.83. The molecule has 120 valence electrons. The molecule has 1 saturated heterocycles. The van der Waals surface area contributed by atoms with E-state index in [0.29, 0.717) is 5.01 Å². The van der Waals surface area contributed by atoms with Crippen molar-refractivity contribution >= 4 is 23.5 Å². The van der Waals surface area contributed by atoms with Gasteiger partial charge >= 0.3 is 0 Å². The molecule has 2 heterocycles. The maximum absolute atomic E-state index is 14.6.